The van der Waals surface area contributed by atoms with E-state index in [1.54, 1.807) is 0 Å². The highest BCUT2D eigenvalue weighted by Gasteiger charge is 2.21. The molecule has 0 atom stereocenters. The van der Waals surface area contributed by atoms with Crippen molar-refractivity contribution in [2.24, 2.45) is 0 Å². The number of nitrogens with zero attached hydrogens (tertiary/aromatic N) is 2. The zero-order chi connectivity index (χ0) is 15.2. The maximum atomic E-state index is 11.6. The topological polar surface area (TPSA) is 71.5 Å². The fourth-order valence-corrected chi connectivity index (χ4v) is 3.25. The Balaban J connectivity index is 1.87. The molecule has 0 aliphatic carbocycles. The first-order valence-electron chi connectivity index (χ1n) is 7.18. The van der Waals surface area contributed by atoms with Gasteiger partial charge in [-0.25, -0.2) is 9.78 Å². The number of rotatable bonds is 7. The summed E-state index contributed by atoms with van der Waals surface area (Å²) in [6.07, 6.45) is 3.61. The third-order valence-corrected chi connectivity index (χ3v) is 4.57. The smallest absolute Gasteiger partial charge is 0.358 e. The molecule has 0 unspecified atom stereocenters. The second-order valence-electron chi connectivity index (χ2n) is 5.07. The molecule has 1 fully saturated rings. The van der Waals surface area contributed by atoms with Crippen molar-refractivity contribution in [3.05, 3.63) is 10.6 Å². The Labute approximate surface area is 128 Å². The van der Waals surface area contributed by atoms with Crippen LogP contribution in [0, 0.1) is 0 Å². The number of hydrogen-bond donors (Lipinski definition) is 1. The zero-order valence-electron chi connectivity index (χ0n) is 12.5. The predicted molar refractivity (Wildman–Crippen MR) is 82.2 cm³/mol. The van der Waals surface area contributed by atoms with Gasteiger partial charge in [0.2, 0.25) is 0 Å². The number of nitrogens with one attached hydrogen (secondary N) is 1. The Morgan fingerprint density at radius 1 is 1.38 bits per heavy atom. The van der Waals surface area contributed by atoms with E-state index >= 15 is 0 Å². The molecule has 2 heterocycles. The van der Waals surface area contributed by atoms with E-state index in [2.05, 4.69) is 19.9 Å². The Kier molecular flexibility index (Phi) is 5.69. The number of hydrogen-bond acceptors (Lipinski definition) is 7. The lowest BCUT2D eigenvalue weighted by molar-refractivity contribution is 0.0591. The molecule has 116 valence electrons. The van der Waals surface area contributed by atoms with Crippen molar-refractivity contribution in [2.45, 2.75) is 26.2 Å². The van der Waals surface area contributed by atoms with Crippen molar-refractivity contribution in [1.82, 2.24) is 9.88 Å². The number of ether oxygens (including phenoxy) is 1. The molecule has 1 N–H and O–H groups in total. The van der Waals surface area contributed by atoms with Gasteiger partial charge in [0.25, 0.3) is 0 Å². The van der Waals surface area contributed by atoms with Crippen LogP contribution in [0.25, 0.3) is 0 Å². The van der Waals surface area contributed by atoms with Gasteiger partial charge < -0.3 is 15.0 Å². The van der Waals surface area contributed by atoms with Crippen molar-refractivity contribution in [3.8, 4) is 0 Å². The quantitative estimate of drug-likeness (QED) is 0.472. The Hall–Kier alpha value is -1.47. The fraction of sp³-hybridized carbons (Fsp3) is 0.643. The highest BCUT2D eigenvalue weighted by molar-refractivity contribution is 7.17. The van der Waals surface area contributed by atoms with Crippen molar-refractivity contribution in [1.29, 1.82) is 0 Å². The van der Waals surface area contributed by atoms with Gasteiger partial charge in [-0.2, -0.15) is 0 Å². The van der Waals surface area contributed by atoms with E-state index in [-0.39, 0.29) is 11.5 Å². The molecule has 1 aliphatic heterocycles. The molecule has 0 spiro atoms. The lowest BCUT2D eigenvalue weighted by Gasteiger charge is -2.13. The Morgan fingerprint density at radius 2 is 2.10 bits per heavy atom. The first-order valence-corrected chi connectivity index (χ1v) is 7.99. The minimum absolute atomic E-state index is 0.108. The van der Waals surface area contributed by atoms with E-state index in [4.69, 9.17) is 0 Å². The minimum atomic E-state index is -0.568. The lowest BCUT2D eigenvalue weighted by Crippen LogP contribution is -2.22. The van der Waals surface area contributed by atoms with Crippen molar-refractivity contribution >= 4 is 28.2 Å². The number of carbonyl (C=O) groups excluding carboxylic acids is 2. The molecule has 1 aliphatic rings. The molecule has 1 aromatic rings. The van der Waals surface area contributed by atoms with Gasteiger partial charge in [-0.05, 0) is 38.9 Å². The number of esters is 1. The first kappa shape index (κ1) is 15.9. The van der Waals surface area contributed by atoms with E-state index in [0.29, 0.717) is 10.0 Å². The van der Waals surface area contributed by atoms with Gasteiger partial charge in [0, 0.05) is 13.5 Å². The standard InChI is InChI=1S/C14H21N3O3S/c1-10(18)12-11(13(19)20-2)16-14(21-12)15-6-5-9-17-7-3-4-8-17/h3-9H2,1-2H3,(H,15,16). The second-order valence-corrected chi connectivity index (χ2v) is 6.07. The third kappa shape index (κ3) is 4.25. The predicted octanol–water partition coefficient (Wildman–Crippen LogP) is 2.03. The van der Waals surface area contributed by atoms with Crippen LogP contribution in [0.5, 0.6) is 0 Å². The van der Waals surface area contributed by atoms with E-state index in [0.717, 1.165) is 19.5 Å². The van der Waals surface area contributed by atoms with Crippen LogP contribution in [0.4, 0.5) is 5.13 Å². The average Bonchev–Trinajstić information content (AvgIpc) is 3.12. The zero-order valence-corrected chi connectivity index (χ0v) is 13.3. The van der Waals surface area contributed by atoms with E-state index in [9.17, 15) is 9.59 Å². The summed E-state index contributed by atoms with van der Waals surface area (Å²) in [4.78, 5) is 30.1. The summed E-state index contributed by atoms with van der Waals surface area (Å²) in [6.45, 7) is 5.66. The van der Waals surface area contributed by atoms with E-state index < -0.39 is 5.97 Å². The van der Waals surface area contributed by atoms with Crippen LogP contribution in [0.3, 0.4) is 0 Å². The largest absolute Gasteiger partial charge is 0.464 e. The number of aromatic nitrogens is 1. The highest BCUT2D eigenvalue weighted by atomic mass is 32.1. The monoisotopic (exact) mass is 311 g/mol. The molecule has 0 aromatic carbocycles. The average molecular weight is 311 g/mol. The number of thiazole rings is 1. The fourth-order valence-electron chi connectivity index (χ4n) is 2.37. The molecule has 0 amide bonds. The maximum absolute atomic E-state index is 11.6. The number of anilines is 1. The van der Waals surface area contributed by atoms with E-state index in [1.807, 2.05) is 0 Å². The molecule has 7 heteroatoms. The lowest BCUT2D eigenvalue weighted by atomic mass is 10.3. The molecular formula is C14H21N3O3S. The SMILES string of the molecule is COC(=O)c1nc(NCCCN2CCCC2)sc1C(C)=O. The molecular weight excluding hydrogens is 290 g/mol. The van der Waals surface area contributed by atoms with Gasteiger partial charge in [-0.3, -0.25) is 4.79 Å². The maximum Gasteiger partial charge on any atom is 0.358 e. The number of carbonyl (C=O) groups is 2. The normalized spacial score (nSPS) is 15.1. The summed E-state index contributed by atoms with van der Waals surface area (Å²) in [7, 11) is 1.29. The van der Waals surface area contributed by atoms with Crippen LogP contribution in [0.15, 0.2) is 0 Å². The Bertz CT molecular complexity index is 510. The minimum Gasteiger partial charge on any atom is -0.464 e. The van der Waals surface area contributed by atoms with Gasteiger partial charge in [-0.1, -0.05) is 11.3 Å². The number of ketones is 1. The van der Waals surface area contributed by atoms with Gasteiger partial charge in [-0.15, -0.1) is 0 Å². The van der Waals surface area contributed by atoms with Gasteiger partial charge in [0.1, 0.15) is 4.88 Å². The van der Waals surface area contributed by atoms with Crippen LogP contribution < -0.4 is 5.32 Å². The second kappa shape index (κ2) is 7.51. The summed E-state index contributed by atoms with van der Waals surface area (Å²) in [5.74, 6) is -0.736. The van der Waals surface area contributed by atoms with E-state index in [1.165, 1.54) is 51.3 Å². The molecule has 1 aromatic heterocycles. The van der Waals surface area contributed by atoms with Crippen LogP contribution in [-0.2, 0) is 4.74 Å². The molecule has 0 bridgehead atoms. The van der Waals surface area contributed by atoms with Gasteiger partial charge in [0.05, 0.1) is 7.11 Å². The van der Waals surface area contributed by atoms with Crippen molar-refractivity contribution in [3.63, 3.8) is 0 Å². The molecule has 0 radical (unpaired) electrons. The molecule has 6 nitrogen and oxygen atoms in total. The Morgan fingerprint density at radius 3 is 2.71 bits per heavy atom. The summed E-state index contributed by atoms with van der Waals surface area (Å²) in [5, 5.41) is 3.78. The first-order chi connectivity index (χ1) is 10.1. The molecule has 2 rings (SSSR count). The summed E-state index contributed by atoms with van der Waals surface area (Å²) < 4.78 is 4.65. The highest BCUT2D eigenvalue weighted by Crippen LogP contribution is 2.24. The van der Waals surface area contributed by atoms with Crippen LogP contribution in [0.2, 0.25) is 0 Å². The third-order valence-electron chi connectivity index (χ3n) is 3.45. The molecule has 0 saturated carbocycles. The van der Waals surface area contributed by atoms with Crippen LogP contribution >= 0.6 is 11.3 Å². The number of methoxy groups -OCH3 is 1. The van der Waals surface area contributed by atoms with Crippen LogP contribution in [-0.4, -0.2) is 54.9 Å². The summed E-state index contributed by atoms with van der Waals surface area (Å²) in [6, 6.07) is 0. The van der Waals surface area contributed by atoms with Crippen molar-refractivity contribution < 1.29 is 14.3 Å². The molecule has 21 heavy (non-hydrogen) atoms. The van der Waals surface area contributed by atoms with Crippen LogP contribution in [0.1, 0.15) is 46.3 Å². The summed E-state index contributed by atoms with van der Waals surface area (Å²) >= 11 is 1.21. The van der Waals surface area contributed by atoms with Crippen molar-refractivity contribution in [2.75, 3.05) is 38.6 Å². The number of Topliss-reactive ketones (excluding diaryl/α,β-unsaturated/α-hetero) is 1. The van der Waals surface area contributed by atoms with Gasteiger partial charge >= 0.3 is 5.97 Å². The molecule has 1 saturated heterocycles. The van der Waals surface area contributed by atoms with Gasteiger partial charge in [0.15, 0.2) is 16.6 Å². The number of likely N-dealkylation sites (tertiary alicyclic amines) is 1. The summed E-state index contributed by atoms with van der Waals surface area (Å²) in [5.41, 5.74) is 0.108.